The van der Waals surface area contributed by atoms with Gasteiger partial charge in [-0.25, -0.2) is 10.4 Å². The first-order chi connectivity index (χ1) is 13.6. The number of hydrogen-bond acceptors (Lipinski definition) is 5. The average Bonchev–Trinajstić information content (AvgIpc) is 3.32. The maximum Gasteiger partial charge on any atom is 0.212 e. The average molecular weight is 387 g/mol. The lowest BCUT2D eigenvalue weighted by atomic mass is 9.43. The Bertz CT molecular complexity index is 663. The van der Waals surface area contributed by atoms with Gasteiger partial charge < -0.3 is 10.4 Å². The van der Waals surface area contributed by atoms with Crippen LogP contribution in [-0.4, -0.2) is 36.0 Å². The third-order valence-corrected chi connectivity index (χ3v) is 9.71. The van der Waals surface area contributed by atoms with Crippen molar-refractivity contribution in [3.8, 4) is 0 Å². The third kappa shape index (κ3) is 2.75. The van der Waals surface area contributed by atoms with Crippen molar-refractivity contribution in [1.29, 1.82) is 0 Å². The molecule has 0 aromatic carbocycles. The second-order valence-corrected chi connectivity index (χ2v) is 10.6. The molecule has 4 aliphatic carbocycles. The molecule has 5 aliphatic rings. The number of nitrogens with zero attached hydrogens (tertiary/aromatic N) is 2. The van der Waals surface area contributed by atoms with Crippen molar-refractivity contribution in [3.63, 3.8) is 0 Å². The van der Waals surface area contributed by atoms with Gasteiger partial charge in [-0.1, -0.05) is 19.8 Å². The van der Waals surface area contributed by atoms with Crippen LogP contribution in [0.5, 0.6) is 0 Å². The van der Waals surface area contributed by atoms with Crippen LogP contribution in [0.4, 0.5) is 0 Å². The number of rotatable bonds is 3. The van der Waals surface area contributed by atoms with Gasteiger partial charge in [-0.05, 0) is 87.4 Å². The van der Waals surface area contributed by atoms with Crippen molar-refractivity contribution in [3.05, 3.63) is 0 Å². The van der Waals surface area contributed by atoms with Crippen LogP contribution < -0.4 is 10.7 Å². The predicted molar refractivity (Wildman–Crippen MR) is 113 cm³/mol. The van der Waals surface area contributed by atoms with Gasteiger partial charge in [0.15, 0.2) is 0 Å². The minimum Gasteiger partial charge on any atom is -0.389 e. The number of fused-ring (bicyclic) bond motifs is 5. The molecule has 0 aromatic heterocycles. The molecule has 3 N–H and O–H groups in total. The van der Waals surface area contributed by atoms with Crippen molar-refractivity contribution in [2.24, 2.45) is 38.7 Å². The maximum absolute atomic E-state index is 12.2. The first-order valence-corrected chi connectivity index (χ1v) is 11.9. The number of nitrogens with one attached hydrogen (secondary N) is 2. The Kier molecular flexibility index (Phi) is 4.72. The van der Waals surface area contributed by atoms with Crippen LogP contribution in [0.2, 0.25) is 0 Å². The maximum atomic E-state index is 12.2. The summed E-state index contributed by atoms with van der Waals surface area (Å²) in [4.78, 5) is 4.33. The zero-order valence-corrected chi connectivity index (χ0v) is 17.6. The molecule has 0 spiro atoms. The van der Waals surface area contributed by atoms with Gasteiger partial charge in [0.25, 0.3) is 0 Å². The van der Waals surface area contributed by atoms with E-state index in [1.165, 1.54) is 57.8 Å². The van der Waals surface area contributed by atoms with Gasteiger partial charge in [-0.3, -0.25) is 0 Å². The summed E-state index contributed by atoms with van der Waals surface area (Å²) in [6.45, 7) is 4.30. The number of aliphatic hydroxyl groups is 1. The van der Waals surface area contributed by atoms with Crippen molar-refractivity contribution in [1.82, 2.24) is 10.7 Å². The highest BCUT2D eigenvalue weighted by atomic mass is 16.3. The second kappa shape index (κ2) is 7.00. The minimum atomic E-state index is -0.476. The number of guanidine groups is 1. The van der Waals surface area contributed by atoms with E-state index >= 15 is 0 Å². The van der Waals surface area contributed by atoms with E-state index < -0.39 is 5.60 Å². The molecule has 28 heavy (non-hydrogen) atoms. The normalized spacial score (nSPS) is 47.8. The first-order valence-electron chi connectivity index (χ1n) is 11.9. The lowest BCUT2D eigenvalue weighted by Gasteiger charge is -2.63. The summed E-state index contributed by atoms with van der Waals surface area (Å²) in [6, 6.07) is 0. The molecule has 0 radical (unpaired) electrons. The van der Waals surface area contributed by atoms with Crippen LogP contribution in [0.1, 0.15) is 84.0 Å². The van der Waals surface area contributed by atoms with Gasteiger partial charge in [0, 0.05) is 18.2 Å². The van der Waals surface area contributed by atoms with Crippen LogP contribution in [0, 0.1) is 28.6 Å². The van der Waals surface area contributed by atoms with E-state index in [-0.39, 0.29) is 5.41 Å². The Labute approximate surface area is 169 Å². The fourth-order valence-electron chi connectivity index (χ4n) is 8.25. The molecule has 156 valence electrons. The molecule has 0 saturated heterocycles. The first kappa shape index (κ1) is 18.9. The molecule has 0 amide bonds. The topological polar surface area (TPSA) is 69.0 Å². The molecule has 0 unspecified atom stereocenters. The molecule has 0 bridgehead atoms. The van der Waals surface area contributed by atoms with E-state index in [1.807, 2.05) is 6.21 Å². The fourth-order valence-corrected chi connectivity index (χ4v) is 8.25. The SMILES string of the molecule is C[C@]12CCCC[C@H]1CC[C@@H]1[C@@H]2CC[C@]2(C/C=N/NC3=NCCN3)CCC[C@]12O. The smallest absolute Gasteiger partial charge is 0.212 e. The molecule has 1 heterocycles. The van der Waals surface area contributed by atoms with Gasteiger partial charge in [-0.15, -0.1) is 0 Å². The van der Waals surface area contributed by atoms with Gasteiger partial charge in [0.05, 0.1) is 12.1 Å². The largest absolute Gasteiger partial charge is 0.389 e. The fraction of sp³-hybridized carbons (Fsp3) is 0.913. The predicted octanol–water partition coefficient (Wildman–Crippen LogP) is 3.83. The summed E-state index contributed by atoms with van der Waals surface area (Å²) in [5.41, 5.74) is 3.08. The Morgan fingerprint density at radius 1 is 1.11 bits per heavy atom. The van der Waals surface area contributed by atoms with E-state index in [1.54, 1.807) is 0 Å². The Morgan fingerprint density at radius 2 is 2.04 bits per heavy atom. The minimum absolute atomic E-state index is 0.0438. The monoisotopic (exact) mass is 386 g/mol. The molecular formula is C23H38N4O. The van der Waals surface area contributed by atoms with E-state index in [0.717, 1.165) is 50.1 Å². The Hall–Kier alpha value is -1.10. The number of aliphatic imine (C=N–C) groups is 1. The molecule has 5 rings (SSSR count). The molecule has 0 aromatic rings. The van der Waals surface area contributed by atoms with Crippen molar-refractivity contribution in [2.45, 2.75) is 89.6 Å². The molecule has 4 saturated carbocycles. The zero-order chi connectivity index (χ0) is 19.2. The quantitative estimate of drug-likeness (QED) is 0.510. The lowest BCUT2D eigenvalue weighted by Crippen LogP contribution is -2.61. The Balaban J connectivity index is 1.34. The van der Waals surface area contributed by atoms with Gasteiger partial charge in [-0.2, -0.15) is 5.10 Å². The Morgan fingerprint density at radius 3 is 2.89 bits per heavy atom. The summed E-state index contributed by atoms with van der Waals surface area (Å²) in [7, 11) is 0. The highest BCUT2D eigenvalue weighted by molar-refractivity contribution is 5.81. The summed E-state index contributed by atoms with van der Waals surface area (Å²) in [6.07, 6.45) is 17.0. The summed E-state index contributed by atoms with van der Waals surface area (Å²) >= 11 is 0. The van der Waals surface area contributed by atoms with E-state index in [4.69, 9.17) is 0 Å². The van der Waals surface area contributed by atoms with Gasteiger partial charge in [0.1, 0.15) is 0 Å². The lowest BCUT2D eigenvalue weighted by molar-refractivity contribution is -0.200. The number of hydrogen-bond donors (Lipinski definition) is 3. The van der Waals surface area contributed by atoms with Gasteiger partial charge in [0.2, 0.25) is 5.96 Å². The summed E-state index contributed by atoms with van der Waals surface area (Å²) < 4.78 is 0. The summed E-state index contributed by atoms with van der Waals surface area (Å²) in [5, 5.41) is 19.8. The standard InChI is InChI=1S/C23H38N4O/c1-21-9-3-2-5-17(21)6-7-19-18(21)8-12-22(10-4-11-23(19,22)28)13-14-26-27-20-24-15-16-25-20/h14,17-19,28H,2-13,15-16H2,1H3,(H2,24,25,27)/b26-14+/t17-,18-,19+,21-,22-,23-/m0/s1. The van der Waals surface area contributed by atoms with E-state index in [2.05, 4.69) is 27.8 Å². The molecule has 1 aliphatic heterocycles. The number of hydrazone groups is 1. The molecule has 5 nitrogen and oxygen atoms in total. The summed E-state index contributed by atoms with van der Waals surface area (Å²) in [5.74, 6) is 2.92. The van der Waals surface area contributed by atoms with Crippen molar-refractivity contribution < 1.29 is 5.11 Å². The molecule has 4 fully saturated rings. The van der Waals surface area contributed by atoms with Crippen LogP contribution in [0.15, 0.2) is 10.1 Å². The van der Waals surface area contributed by atoms with Crippen LogP contribution >= 0.6 is 0 Å². The van der Waals surface area contributed by atoms with Crippen LogP contribution in [0.25, 0.3) is 0 Å². The second-order valence-electron chi connectivity index (χ2n) is 10.6. The molecule has 6 atom stereocenters. The van der Waals surface area contributed by atoms with Crippen LogP contribution in [0.3, 0.4) is 0 Å². The highest BCUT2D eigenvalue weighted by Gasteiger charge is 2.65. The van der Waals surface area contributed by atoms with E-state index in [0.29, 0.717) is 11.3 Å². The van der Waals surface area contributed by atoms with Gasteiger partial charge >= 0.3 is 0 Å². The van der Waals surface area contributed by atoms with Crippen LogP contribution in [-0.2, 0) is 0 Å². The van der Waals surface area contributed by atoms with Crippen molar-refractivity contribution in [2.75, 3.05) is 13.1 Å². The third-order valence-electron chi connectivity index (χ3n) is 9.71. The van der Waals surface area contributed by atoms with E-state index in [9.17, 15) is 5.11 Å². The van der Waals surface area contributed by atoms with Crippen molar-refractivity contribution >= 4 is 12.2 Å². The molecular weight excluding hydrogens is 348 g/mol. The highest BCUT2D eigenvalue weighted by Crippen LogP contribution is 2.68. The zero-order valence-electron chi connectivity index (χ0n) is 17.6. The molecule has 5 heteroatoms.